The molecule has 2 rings (SSSR count). The van der Waals surface area contributed by atoms with Gasteiger partial charge in [0.2, 0.25) is 5.76 Å². The highest BCUT2D eigenvalue weighted by molar-refractivity contribution is 5.92. The van der Waals surface area contributed by atoms with Gasteiger partial charge in [0, 0.05) is 6.07 Å². The van der Waals surface area contributed by atoms with E-state index in [0.29, 0.717) is 12.8 Å². The van der Waals surface area contributed by atoms with Crippen molar-refractivity contribution in [1.29, 1.82) is 0 Å². The van der Waals surface area contributed by atoms with Gasteiger partial charge in [-0.3, -0.25) is 9.59 Å². The van der Waals surface area contributed by atoms with Crippen LogP contribution >= 0.6 is 0 Å². The van der Waals surface area contributed by atoms with Crippen LogP contribution < -0.4 is 5.32 Å². The normalized spacial score (nSPS) is 18.2. The summed E-state index contributed by atoms with van der Waals surface area (Å²) in [6.07, 6.45) is 5.68. The first-order valence-corrected chi connectivity index (χ1v) is 6.06. The van der Waals surface area contributed by atoms with E-state index in [1.165, 1.54) is 12.3 Å². The fraction of sp³-hybridized carbons (Fsp3) is 0.583. The SMILES string of the molecule is O=C(O)CC1(NC(=O)c2ccno2)CCCCC1. The molecule has 0 aliphatic heterocycles. The van der Waals surface area contributed by atoms with Gasteiger partial charge in [-0.1, -0.05) is 24.4 Å². The molecule has 0 saturated heterocycles. The second-order valence-corrected chi connectivity index (χ2v) is 4.74. The Morgan fingerprint density at radius 1 is 1.39 bits per heavy atom. The fourth-order valence-electron chi connectivity index (χ4n) is 2.50. The molecule has 1 aromatic heterocycles. The first kappa shape index (κ1) is 12.6. The number of nitrogens with zero attached hydrogens (tertiary/aromatic N) is 1. The zero-order valence-electron chi connectivity index (χ0n) is 10.0. The molecule has 1 aliphatic rings. The molecule has 0 atom stereocenters. The molecular weight excluding hydrogens is 236 g/mol. The number of rotatable bonds is 4. The molecule has 6 nitrogen and oxygen atoms in total. The van der Waals surface area contributed by atoms with Gasteiger partial charge in [0.05, 0.1) is 18.2 Å². The Bertz CT molecular complexity index is 421. The number of carbonyl (C=O) groups excluding carboxylic acids is 1. The van der Waals surface area contributed by atoms with E-state index < -0.39 is 17.4 Å². The molecule has 1 heterocycles. The van der Waals surface area contributed by atoms with Gasteiger partial charge in [0.15, 0.2) is 0 Å². The van der Waals surface area contributed by atoms with Crippen molar-refractivity contribution in [3.05, 3.63) is 18.0 Å². The largest absolute Gasteiger partial charge is 0.481 e. The van der Waals surface area contributed by atoms with Crippen molar-refractivity contribution in [2.24, 2.45) is 0 Å². The van der Waals surface area contributed by atoms with E-state index in [-0.39, 0.29) is 12.2 Å². The predicted octanol–water partition coefficient (Wildman–Crippen LogP) is 1.58. The molecule has 1 aromatic rings. The van der Waals surface area contributed by atoms with Crippen molar-refractivity contribution < 1.29 is 19.2 Å². The van der Waals surface area contributed by atoms with Gasteiger partial charge in [-0.25, -0.2) is 0 Å². The maximum Gasteiger partial charge on any atom is 0.305 e. The summed E-state index contributed by atoms with van der Waals surface area (Å²) in [5.74, 6) is -1.17. The summed E-state index contributed by atoms with van der Waals surface area (Å²) in [5, 5.41) is 15.3. The molecule has 1 fully saturated rings. The van der Waals surface area contributed by atoms with Crippen LogP contribution in [0.2, 0.25) is 0 Å². The molecule has 1 aliphatic carbocycles. The summed E-state index contributed by atoms with van der Waals surface area (Å²) in [7, 11) is 0. The van der Waals surface area contributed by atoms with Crippen LogP contribution in [0.15, 0.2) is 16.8 Å². The molecule has 0 radical (unpaired) electrons. The molecule has 0 aromatic carbocycles. The molecule has 1 amide bonds. The first-order valence-electron chi connectivity index (χ1n) is 6.06. The molecule has 98 valence electrons. The molecule has 0 spiro atoms. The van der Waals surface area contributed by atoms with Crippen molar-refractivity contribution in [2.45, 2.75) is 44.1 Å². The van der Waals surface area contributed by atoms with E-state index in [1.54, 1.807) is 0 Å². The van der Waals surface area contributed by atoms with Gasteiger partial charge in [0.25, 0.3) is 5.91 Å². The van der Waals surface area contributed by atoms with Crippen LogP contribution in [0.1, 0.15) is 49.1 Å². The van der Waals surface area contributed by atoms with E-state index in [4.69, 9.17) is 9.63 Å². The standard InChI is InChI=1S/C12H16N2O4/c15-10(16)8-12(5-2-1-3-6-12)14-11(17)9-4-7-13-18-9/h4,7H,1-3,5-6,8H2,(H,14,17)(H,15,16). The van der Waals surface area contributed by atoms with Crippen LogP contribution in [0, 0.1) is 0 Å². The van der Waals surface area contributed by atoms with Crippen LogP contribution in [0.25, 0.3) is 0 Å². The fourth-order valence-corrected chi connectivity index (χ4v) is 2.50. The van der Waals surface area contributed by atoms with Crippen molar-refractivity contribution in [2.75, 3.05) is 0 Å². The minimum Gasteiger partial charge on any atom is -0.481 e. The Balaban J connectivity index is 2.09. The lowest BCUT2D eigenvalue weighted by Gasteiger charge is -2.36. The summed E-state index contributed by atoms with van der Waals surface area (Å²) in [6.45, 7) is 0. The van der Waals surface area contributed by atoms with Gasteiger partial charge < -0.3 is 14.9 Å². The average molecular weight is 252 g/mol. The zero-order valence-corrected chi connectivity index (χ0v) is 10.0. The van der Waals surface area contributed by atoms with E-state index in [2.05, 4.69) is 10.5 Å². The molecule has 6 heteroatoms. The number of aromatic nitrogens is 1. The number of nitrogens with one attached hydrogen (secondary N) is 1. The zero-order chi connectivity index (χ0) is 13.0. The Labute approximate surface area is 104 Å². The van der Waals surface area contributed by atoms with Crippen LogP contribution in [0.3, 0.4) is 0 Å². The number of hydrogen-bond acceptors (Lipinski definition) is 4. The highest BCUT2D eigenvalue weighted by Gasteiger charge is 2.36. The van der Waals surface area contributed by atoms with Gasteiger partial charge in [0.1, 0.15) is 0 Å². The van der Waals surface area contributed by atoms with E-state index in [9.17, 15) is 9.59 Å². The summed E-state index contributed by atoms with van der Waals surface area (Å²) in [5.41, 5.74) is -0.645. The van der Waals surface area contributed by atoms with Gasteiger partial charge in [-0.05, 0) is 12.8 Å². The van der Waals surface area contributed by atoms with Gasteiger partial charge in [-0.15, -0.1) is 0 Å². The molecule has 18 heavy (non-hydrogen) atoms. The minimum absolute atomic E-state index is 0.0487. The lowest BCUT2D eigenvalue weighted by Crippen LogP contribution is -2.51. The smallest absolute Gasteiger partial charge is 0.305 e. The summed E-state index contributed by atoms with van der Waals surface area (Å²) < 4.78 is 4.78. The maximum atomic E-state index is 11.9. The van der Waals surface area contributed by atoms with Crippen LogP contribution in [-0.2, 0) is 4.79 Å². The average Bonchev–Trinajstić information content (AvgIpc) is 2.82. The quantitative estimate of drug-likeness (QED) is 0.848. The van der Waals surface area contributed by atoms with Crippen molar-refractivity contribution >= 4 is 11.9 Å². The minimum atomic E-state index is -0.894. The van der Waals surface area contributed by atoms with E-state index >= 15 is 0 Å². The van der Waals surface area contributed by atoms with Crippen molar-refractivity contribution in [3.8, 4) is 0 Å². The Kier molecular flexibility index (Phi) is 3.64. The van der Waals surface area contributed by atoms with Crippen molar-refractivity contribution in [3.63, 3.8) is 0 Å². The lowest BCUT2D eigenvalue weighted by molar-refractivity contribution is -0.139. The van der Waals surface area contributed by atoms with Crippen LogP contribution in [0.5, 0.6) is 0 Å². The maximum absolute atomic E-state index is 11.9. The van der Waals surface area contributed by atoms with Crippen LogP contribution in [-0.4, -0.2) is 27.7 Å². The molecule has 1 saturated carbocycles. The Hall–Kier alpha value is -1.85. The number of carbonyl (C=O) groups is 2. The lowest BCUT2D eigenvalue weighted by atomic mass is 9.79. The Morgan fingerprint density at radius 3 is 2.67 bits per heavy atom. The second kappa shape index (κ2) is 5.20. The number of carboxylic acids is 1. The highest BCUT2D eigenvalue weighted by Crippen LogP contribution is 2.31. The number of hydrogen-bond donors (Lipinski definition) is 2. The third-order valence-electron chi connectivity index (χ3n) is 3.34. The third-order valence-corrected chi connectivity index (χ3v) is 3.34. The monoisotopic (exact) mass is 252 g/mol. The predicted molar refractivity (Wildman–Crippen MR) is 62.0 cm³/mol. The molecule has 0 unspecified atom stereocenters. The van der Waals surface area contributed by atoms with E-state index in [1.807, 2.05) is 0 Å². The second-order valence-electron chi connectivity index (χ2n) is 4.74. The van der Waals surface area contributed by atoms with Crippen LogP contribution in [0.4, 0.5) is 0 Å². The molecule has 0 bridgehead atoms. The summed E-state index contributed by atoms with van der Waals surface area (Å²) in [6, 6.07) is 1.46. The van der Waals surface area contributed by atoms with Gasteiger partial charge >= 0.3 is 5.97 Å². The molecular formula is C12H16N2O4. The first-order chi connectivity index (χ1) is 8.61. The van der Waals surface area contributed by atoms with Crippen molar-refractivity contribution in [1.82, 2.24) is 10.5 Å². The summed E-state index contributed by atoms with van der Waals surface area (Å²) >= 11 is 0. The highest BCUT2D eigenvalue weighted by atomic mass is 16.5. The Morgan fingerprint density at radius 2 is 2.11 bits per heavy atom. The number of amides is 1. The summed E-state index contributed by atoms with van der Waals surface area (Å²) in [4.78, 5) is 22.9. The number of aliphatic carboxylic acids is 1. The molecule has 2 N–H and O–H groups in total. The number of carboxylic acid groups (broad SMARTS) is 1. The topological polar surface area (TPSA) is 92.4 Å². The third kappa shape index (κ3) is 2.88. The van der Waals surface area contributed by atoms with E-state index in [0.717, 1.165) is 19.3 Å². The van der Waals surface area contributed by atoms with Gasteiger partial charge in [-0.2, -0.15) is 0 Å².